The zero-order valence-electron chi connectivity index (χ0n) is 7.87. The van der Waals surface area contributed by atoms with Crippen LogP contribution in [0.3, 0.4) is 0 Å². The third-order valence-electron chi connectivity index (χ3n) is 2.62. The summed E-state index contributed by atoms with van der Waals surface area (Å²) in [6.07, 6.45) is 3.49. The van der Waals surface area contributed by atoms with Gasteiger partial charge in [0.15, 0.2) is 0 Å². The molecule has 0 amide bonds. The van der Waals surface area contributed by atoms with Gasteiger partial charge in [0.25, 0.3) is 0 Å². The molecule has 0 bridgehead atoms. The Bertz CT molecular complexity index is 294. The highest BCUT2D eigenvalue weighted by atomic mass is 79.9. The highest BCUT2D eigenvalue weighted by molar-refractivity contribution is 9.10. The Morgan fingerprint density at radius 3 is 2.93 bits per heavy atom. The maximum Gasteiger partial charge on any atom is 0.131 e. The summed E-state index contributed by atoms with van der Waals surface area (Å²) in [6, 6.07) is 1.89. The number of hydrogen-bond donors (Lipinski definition) is 2. The van der Waals surface area contributed by atoms with Crippen molar-refractivity contribution >= 4 is 15.9 Å². The molecule has 0 atom stereocenters. The number of hydrogen-bond acceptors (Lipinski definition) is 3. The van der Waals surface area contributed by atoms with Gasteiger partial charge in [-0.1, -0.05) is 0 Å². The molecule has 3 nitrogen and oxygen atoms in total. The third-order valence-corrected chi connectivity index (χ3v) is 3.33. The van der Waals surface area contributed by atoms with Crippen molar-refractivity contribution in [1.29, 1.82) is 0 Å². The summed E-state index contributed by atoms with van der Waals surface area (Å²) >= 11 is 3.40. The molecule has 1 aliphatic rings. The molecule has 1 heterocycles. The summed E-state index contributed by atoms with van der Waals surface area (Å²) in [4.78, 5) is 0. The van der Waals surface area contributed by atoms with Crippen LogP contribution in [0.2, 0.25) is 0 Å². The maximum absolute atomic E-state index is 9.09. The molecule has 0 radical (unpaired) electrons. The van der Waals surface area contributed by atoms with Crippen LogP contribution in [-0.2, 0) is 6.54 Å². The molecule has 0 aliphatic heterocycles. The summed E-state index contributed by atoms with van der Waals surface area (Å²) in [5.41, 5.74) is 0. The molecule has 1 aromatic heterocycles. The monoisotopic (exact) mass is 259 g/mol. The number of aliphatic hydroxyl groups is 1. The van der Waals surface area contributed by atoms with E-state index in [2.05, 4.69) is 21.2 Å². The molecule has 0 spiro atoms. The second-order valence-electron chi connectivity index (χ2n) is 3.81. The zero-order chi connectivity index (χ0) is 9.97. The lowest BCUT2D eigenvalue weighted by Crippen LogP contribution is -2.35. The third kappa shape index (κ3) is 2.38. The van der Waals surface area contributed by atoms with E-state index in [4.69, 9.17) is 9.52 Å². The second kappa shape index (κ2) is 4.47. The minimum Gasteiger partial charge on any atom is -0.467 e. The van der Waals surface area contributed by atoms with Gasteiger partial charge in [-0.2, -0.15) is 0 Å². The summed E-state index contributed by atoms with van der Waals surface area (Å²) in [5.74, 6) is 1.57. The minimum absolute atomic E-state index is 0.0582. The van der Waals surface area contributed by atoms with Crippen LogP contribution in [0.4, 0.5) is 0 Å². The number of halogens is 1. The van der Waals surface area contributed by atoms with Gasteiger partial charge in [-0.3, -0.25) is 0 Å². The lowest BCUT2D eigenvalue weighted by Gasteiger charge is -2.31. The molecule has 2 rings (SSSR count). The smallest absolute Gasteiger partial charge is 0.131 e. The summed E-state index contributed by atoms with van der Waals surface area (Å²) in [5, 5.41) is 12.4. The molecule has 2 N–H and O–H groups in total. The topological polar surface area (TPSA) is 45.4 Å². The van der Waals surface area contributed by atoms with Crippen molar-refractivity contribution in [2.45, 2.75) is 25.5 Å². The first kappa shape index (κ1) is 10.2. The highest BCUT2D eigenvalue weighted by Crippen LogP contribution is 2.26. The molecule has 14 heavy (non-hydrogen) atoms. The lowest BCUT2D eigenvalue weighted by molar-refractivity contribution is 0.0428. The Morgan fingerprint density at radius 2 is 2.36 bits per heavy atom. The molecular formula is C10H14BrNO2. The van der Waals surface area contributed by atoms with Gasteiger partial charge in [0.1, 0.15) is 5.76 Å². The fraction of sp³-hybridized carbons (Fsp3) is 0.600. The van der Waals surface area contributed by atoms with Crippen LogP contribution >= 0.6 is 15.9 Å². The Kier molecular flexibility index (Phi) is 3.26. The second-order valence-corrected chi connectivity index (χ2v) is 4.67. The molecule has 0 aromatic carbocycles. The van der Waals surface area contributed by atoms with Gasteiger partial charge in [0.2, 0.25) is 0 Å². The van der Waals surface area contributed by atoms with Crippen molar-refractivity contribution in [2.75, 3.05) is 6.54 Å². The maximum atomic E-state index is 9.09. The van der Waals surface area contributed by atoms with E-state index in [1.54, 1.807) is 6.26 Å². The van der Waals surface area contributed by atoms with Gasteiger partial charge in [0, 0.05) is 0 Å². The number of furan rings is 1. The molecule has 1 saturated carbocycles. The van der Waals surface area contributed by atoms with E-state index in [-0.39, 0.29) is 6.10 Å². The first-order chi connectivity index (χ1) is 6.75. The summed E-state index contributed by atoms with van der Waals surface area (Å²) < 4.78 is 6.27. The van der Waals surface area contributed by atoms with Crippen LogP contribution in [0.5, 0.6) is 0 Å². The first-order valence-corrected chi connectivity index (χ1v) is 5.65. The molecular weight excluding hydrogens is 246 g/mol. The first-order valence-electron chi connectivity index (χ1n) is 4.86. The van der Waals surface area contributed by atoms with Crippen LogP contribution in [0.15, 0.2) is 21.2 Å². The van der Waals surface area contributed by atoms with Crippen LogP contribution in [0, 0.1) is 5.92 Å². The number of nitrogens with one attached hydrogen (secondary N) is 1. The Labute approximate surface area is 91.6 Å². The average molecular weight is 260 g/mol. The molecule has 4 heteroatoms. The molecule has 0 unspecified atom stereocenters. The minimum atomic E-state index is -0.0582. The average Bonchev–Trinajstić information content (AvgIpc) is 2.49. The largest absolute Gasteiger partial charge is 0.467 e. The van der Waals surface area contributed by atoms with Crippen LogP contribution in [0.1, 0.15) is 18.6 Å². The van der Waals surface area contributed by atoms with E-state index in [1.807, 2.05) is 6.07 Å². The Hall–Kier alpha value is -0.320. The van der Waals surface area contributed by atoms with Gasteiger partial charge < -0.3 is 14.8 Å². The summed E-state index contributed by atoms with van der Waals surface area (Å²) in [6.45, 7) is 1.71. The van der Waals surface area contributed by atoms with Crippen molar-refractivity contribution in [1.82, 2.24) is 5.32 Å². The molecule has 1 aliphatic carbocycles. The van der Waals surface area contributed by atoms with Crippen LogP contribution in [0.25, 0.3) is 0 Å². The lowest BCUT2D eigenvalue weighted by atomic mass is 9.82. The van der Waals surface area contributed by atoms with Gasteiger partial charge in [-0.15, -0.1) is 0 Å². The quantitative estimate of drug-likeness (QED) is 0.869. The van der Waals surface area contributed by atoms with E-state index >= 15 is 0 Å². The molecule has 0 saturated heterocycles. The number of aliphatic hydroxyl groups excluding tert-OH is 1. The van der Waals surface area contributed by atoms with E-state index in [9.17, 15) is 0 Å². The van der Waals surface area contributed by atoms with Gasteiger partial charge in [-0.25, -0.2) is 0 Å². The van der Waals surface area contributed by atoms with E-state index in [0.717, 1.165) is 36.2 Å². The Morgan fingerprint density at radius 1 is 1.57 bits per heavy atom. The Balaban J connectivity index is 1.66. The van der Waals surface area contributed by atoms with Crippen molar-refractivity contribution in [2.24, 2.45) is 5.92 Å². The van der Waals surface area contributed by atoms with E-state index in [0.29, 0.717) is 5.92 Å². The normalized spacial score (nSPS) is 26.1. The van der Waals surface area contributed by atoms with Crippen molar-refractivity contribution in [3.8, 4) is 0 Å². The van der Waals surface area contributed by atoms with Crippen molar-refractivity contribution in [3.63, 3.8) is 0 Å². The predicted molar refractivity (Wildman–Crippen MR) is 56.8 cm³/mol. The molecule has 78 valence electrons. The number of rotatable bonds is 4. The van der Waals surface area contributed by atoms with Crippen molar-refractivity contribution in [3.05, 3.63) is 22.6 Å². The fourth-order valence-electron chi connectivity index (χ4n) is 1.71. The standard InChI is InChI=1S/C10H14BrNO2/c11-9-1-2-14-10(9)6-12-5-7-3-8(13)4-7/h1-2,7-8,12-13H,3-6H2. The van der Waals surface area contributed by atoms with Gasteiger partial charge in [0.05, 0.1) is 23.4 Å². The SMILES string of the molecule is OC1CC(CNCc2occc2Br)C1. The van der Waals surface area contributed by atoms with E-state index in [1.165, 1.54) is 0 Å². The molecule has 1 fully saturated rings. The van der Waals surface area contributed by atoms with Gasteiger partial charge in [-0.05, 0) is 47.3 Å². The van der Waals surface area contributed by atoms with Gasteiger partial charge >= 0.3 is 0 Å². The van der Waals surface area contributed by atoms with Crippen LogP contribution in [-0.4, -0.2) is 17.8 Å². The molecule has 1 aromatic rings. The fourth-order valence-corrected chi connectivity index (χ4v) is 2.05. The summed E-state index contributed by atoms with van der Waals surface area (Å²) in [7, 11) is 0. The predicted octanol–water partition coefficient (Wildman–Crippen LogP) is 1.90. The zero-order valence-corrected chi connectivity index (χ0v) is 9.46. The van der Waals surface area contributed by atoms with Crippen LogP contribution < -0.4 is 5.32 Å². The highest BCUT2D eigenvalue weighted by Gasteiger charge is 2.26. The van der Waals surface area contributed by atoms with Crippen molar-refractivity contribution < 1.29 is 9.52 Å². The van der Waals surface area contributed by atoms with E-state index < -0.39 is 0 Å².